The smallest absolute Gasteiger partial charge is 0.355 e. The number of carbonyl (C=O) groups is 1. The van der Waals surface area contributed by atoms with Crippen LogP contribution >= 0.6 is 0 Å². The first-order valence-electron chi connectivity index (χ1n) is 11.0. The Morgan fingerprint density at radius 3 is 2.53 bits per heavy atom. The van der Waals surface area contributed by atoms with Crippen molar-refractivity contribution in [2.75, 3.05) is 18.0 Å². The third-order valence-corrected chi connectivity index (χ3v) is 5.55. The van der Waals surface area contributed by atoms with E-state index in [2.05, 4.69) is 26.2 Å². The third kappa shape index (κ3) is 5.49. The number of aromatic nitrogens is 6. The number of halogens is 3. The van der Waals surface area contributed by atoms with Gasteiger partial charge in [-0.15, -0.1) is 0 Å². The fraction of sp³-hybridized carbons (Fsp3) is 0.304. The molecule has 0 amide bonds. The van der Waals surface area contributed by atoms with Crippen molar-refractivity contribution in [2.45, 2.75) is 25.1 Å². The SMILES string of the molecule is Cn1cc(-c2cn3ncc(C#N)c3c(-c3ccc(N4CCC[C@H](N)C4)nc3)n2)cn1.O=CC(F)(F)F. The summed E-state index contributed by atoms with van der Waals surface area (Å²) >= 11 is 0. The topological polar surface area (TPSA) is 131 Å². The first-order valence-corrected chi connectivity index (χ1v) is 11.0. The Morgan fingerprint density at radius 2 is 1.94 bits per heavy atom. The van der Waals surface area contributed by atoms with Crippen molar-refractivity contribution in [3.05, 3.63) is 48.7 Å². The molecule has 0 radical (unpaired) electrons. The van der Waals surface area contributed by atoms with Gasteiger partial charge in [0.15, 0.2) is 0 Å². The van der Waals surface area contributed by atoms with Crippen molar-refractivity contribution >= 4 is 17.6 Å². The average Bonchev–Trinajstić information content (AvgIpc) is 3.49. The van der Waals surface area contributed by atoms with Crippen molar-refractivity contribution in [3.8, 4) is 28.6 Å². The van der Waals surface area contributed by atoms with Crippen LogP contribution in [0.15, 0.2) is 43.1 Å². The van der Waals surface area contributed by atoms with Gasteiger partial charge < -0.3 is 10.6 Å². The Morgan fingerprint density at radius 1 is 1.17 bits per heavy atom. The lowest BCUT2D eigenvalue weighted by Crippen LogP contribution is -2.43. The molecule has 1 fully saturated rings. The van der Waals surface area contributed by atoms with Gasteiger partial charge in [-0.25, -0.2) is 14.5 Å². The van der Waals surface area contributed by atoms with Gasteiger partial charge in [0.25, 0.3) is 0 Å². The first-order chi connectivity index (χ1) is 17.2. The molecule has 36 heavy (non-hydrogen) atoms. The van der Waals surface area contributed by atoms with Gasteiger partial charge in [-0.05, 0) is 25.0 Å². The van der Waals surface area contributed by atoms with Crippen LogP contribution in [0.5, 0.6) is 0 Å². The van der Waals surface area contributed by atoms with Gasteiger partial charge in [0.05, 0.1) is 30.0 Å². The van der Waals surface area contributed by atoms with Gasteiger partial charge in [-0.3, -0.25) is 9.48 Å². The molecule has 186 valence electrons. The van der Waals surface area contributed by atoms with Gasteiger partial charge >= 0.3 is 6.18 Å². The molecule has 4 aromatic rings. The second-order valence-corrected chi connectivity index (χ2v) is 8.25. The molecule has 0 bridgehead atoms. The van der Waals surface area contributed by atoms with Crippen molar-refractivity contribution in [1.82, 2.24) is 29.4 Å². The van der Waals surface area contributed by atoms with Crippen LogP contribution in [0.3, 0.4) is 0 Å². The monoisotopic (exact) mass is 497 g/mol. The first kappa shape index (κ1) is 24.8. The number of hydrogen-bond acceptors (Lipinski definition) is 8. The minimum atomic E-state index is -4.64. The fourth-order valence-electron chi connectivity index (χ4n) is 3.92. The van der Waals surface area contributed by atoms with Gasteiger partial charge in [-0.2, -0.15) is 28.6 Å². The van der Waals surface area contributed by atoms with E-state index in [1.165, 1.54) is 0 Å². The number of hydrogen-bond donors (Lipinski definition) is 1. The van der Waals surface area contributed by atoms with Crippen LogP contribution in [0.1, 0.15) is 18.4 Å². The largest absolute Gasteiger partial charge is 0.446 e. The normalized spacial score (nSPS) is 15.8. The van der Waals surface area contributed by atoms with E-state index in [1.54, 1.807) is 27.8 Å². The van der Waals surface area contributed by atoms with Crippen LogP contribution < -0.4 is 10.6 Å². The summed E-state index contributed by atoms with van der Waals surface area (Å²) in [6.07, 6.45) is 5.25. The van der Waals surface area contributed by atoms with Crippen LogP contribution in [0.2, 0.25) is 0 Å². The number of piperidine rings is 1. The highest BCUT2D eigenvalue weighted by Crippen LogP contribution is 2.29. The number of aryl methyl sites for hydroxylation is 1. The Bertz CT molecular complexity index is 1400. The molecule has 4 aromatic heterocycles. The molecule has 10 nitrogen and oxygen atoms in total. The highest BCUT2D eigenvalue weighted by molar-refractivity contribution is 5.83. The van der Waals surface area contributed by atoms with E-state index in [4.69, 9.17) is 15.5 Å². The highest BCUT2D eigenvalue weighted by atomic mass is 19.4. The second-order valence-electron chi connectivity index (χ2n) is 8.25. The summed E-state index contributed by atoms with van der Waals surface area (Å²) < 4.78 is 34.7. The second kappa shape index (κ2) is 10.1. The zero-order chi connectivity index (χ0) is 25.9. The molecule has 0 aliphatic carbocycles. The molecule has 13 heteroatoms. The molecule has 0 saturated carbocycles. The summed E-state index contributed by atoms with van der Waals surface area (Å²) in [6.45, 7) is 1.77. The highest BCUT2D eigenvalue weighted by Gasteiger charge is 2.25. The molecule has 0 unspecified atom stereocenters. The van der Waals surface area contributed by atoms with E-state index in [9.17, 15) is 18.4 Å². The lowest BCUT2D eigenvalue weighted by molar-refractivity contribution is -0.156. The van der Waals surface area contributed by atoms with E-state index in [-0.39, 0.29) is 6.04 Å². The predicted molar refractivity (Wildman–Crippen MR) is 125 cm³/mol. The Hall–Kier alpha value is -4.31. The number of fused-ring (bicyclic) bond motifs is 1. The van der Waals surface area contributed by atoms with Gasteiger partial charge in [0, 0.05) is 49.7 Å². The zero-order valence-electron chi connectivity index (χ0n) is 19.2. The fourth-order valence-corrected chi connectivity index (χ4v) is 3.92. The summed E-state index contributed by atoms with van der Waals surface area (Å²) in [7, 11) is 1.86. The van der Waals surface area contributed by atoms with Crippen molar-refractivity contribution in [2.24, 2.45) is 12.8 Å². The van der Waals surface area contributed by atoms with Crippen molar-refractivity contribution in [3.63, 3.8) is 0 Å². The molecule has 1 saturated heterocycles. The Balaban J connectivity index is 0.000000455. The Kier molecular flexibility index (Phi) is 6.98. The van der Waals surface area contributed by atoms with E-state index in [0.29, 0.717) is 16.8 Å². The zero-order valence-corrected chi connectivity index (χ0v) is 19.2. The summed E-state index contributed by atoms with van der Waals surface area (Å²) in [5, 5.41) is 18.1. The number of pyridine rings is 1. The number of nitrogens with zero attached hydrogens (tertiary/aromatic N) is 8. The third-order valence-electron chi connectivity index (χ3n) is 5.55. The maximum absolute atomic E-state index is 10.4. The van der Waals surface area contributed by atoms with E-state index in [0.717, 1.165) is 48.6 Å². The molecular weight excluding hydrogens is 475 g/mol. The Labute approximate surface area is 203 Å². The molecule has 0 spiro atoms. The van der Waals surface area contributed by atoms with Crippen LogP contribution in [-0.2, 0) is 11.8 Å². The minimum Gasteiger partial charge on any atom is -0.355 e. The predicted octanol–water partition coefficient (Wildman–Crippen LogP) is 2.74. The summed E-state index contributed by atoms with van der Waals surface area (Å²) in [6, 6.07) is 6.37. The van der Waals surface area contributed by atoms with Crippen molar-refractivity contribution in [1.29, 1.82) is 5.26 Å². The number of carbonyl (C=O) groups excluding carboxylic acids is 1. The summed E-state index contributed by atoms with van der Waals surface area (Å²) in [5.41, 5.74) is 10.3. The number of anilines is 1. The molecule has 0 aromatic carbocycles. The van der Waals surface area contributed by atoms with E-state index in [1.807, 2.05) is 31.6 Å². The number of rotatable bonds is 3. The number of nitriles is 1. The van der Waals surface area contributed by atoms with Crippen LogP contribution in [-0.4, -0.2) is 61.0 Å². The molecule has 1 aliphatic rings. The minimum absolute atomic E-state index is 0.183. The number of aldehydes is 1. The van der Waals surface area contributed by atoms with Gasteiger partial charge in [0.2, 0.25) is 6.29 Å². The number of alkyl halides is 3. The lowest BCUT2D eigenvalue weighted by Gasteiger charge is -2.31. The maximum Gasteiger partial charge on any atom is 0.446 e. The molecule has 5 rings (SSSR count). The van der Waals surface area contributed by atoms with E-state index < -0.39 is 12.5 Å². The lowest BCUT2D eigenvalue weighted by atomic mass is 10.1. The molecule has 5 heterocycles. The summed E-state index contributed by atoms with van der Waals surface area (Å²) in [5.74, 6) is 0.905. The van der Waals surface area contributed by atoms with Gasteiger partial charge in [0.1, 0.15) is 23.0 Å². The molecule has 1 atom stereocenters. The van der Waals surface area contributed by atoms with Gasteiger partial charge in [-0.1, -0.05) is 0 Å². The molecular formula is C23H22F3N9O. The maximum atomic E-state index is 10.4. The quantitative estimate of drug-likeness (QED) is 0.428. The summed E-state index contributed by atoms with van der Waals surface area (Å²) in [4.78, 5) is 20.4. The number of nitrogens with two attached hydrogens (primary N) is 1. The van der Waals surface area contributed by atoms with Crippen LogP contribution in [0.25, 0.3) is 28.0 Å². The van der Waals surface area contributed by atoms with Crippen LogP contribution in [0.4, 0.5) is 19.0 Å². The van der Waals surface area contributed by atoms with Crippen LogP contribution in [0, 0.1) is 11.3 Å². The van der Waals surface area contributed by atoms with E-state index >= 15 is 0 Å². The molecule has 1 aliphatic heterocycles. The van der Waals surface area contributed by atoms with Crippen molar-refractivity contribution < 1.29 is 18.0 Å². The standard InChI is InChI=1S/C21H21N9.C2HF3O/c1-28-11-16(10-25-28)18-13-30-21(15(7-22)9-26-30)20(27-18)14-4-5-19(24-8-14)29-6-2-3-17(23)12-29;3-2(4,5)1-6/h4-5,8-11,13,17H,2-3,6,12,23H2,1H3;1H/t17-;/m0./s1. The molecule has 2 N–H and O–H groups in total. The average molecular weight is 497 g/mol.